The zero-order valence-electron chi connectivity index (χ0n) is 17.3. The van der Waals surface area contributed by atoms with Gasteiger partial charge >= 0.3 is 5.97 Å². The Morgan fingerprint density at radius 3 is 2.68 bits per heavy atom. The second kappa shape index (κ2) is 7.57. The summed E-state index contributed by atoms with van der Waals surface area (Å²) in [4.78, 5) is 31.4. The minimum absolute atomic E-state index is 0.0616. The molecule has 0 spiro atoms. The van der Waals surface area contributed by atoms with Gasteiger partial charge in [-0.3, -0.25) is 14.5 Å². The molecule has 1 amide bonds. The molecule has 1 aromatic carbocycles. The lowest BCUT2D eigenvalue weighted by Gasteiger charge is -2.58. The van der Waals surface area contributed by atoms with E-state index in [1.54, 1.807) is 29.6 Å². The van der Waals surface area contributed by atoms with Gasteiger partial charge in [0.15, 0.2) is 5.13 Å². The summed E-state index contributed by atoms with van der Waals surface area (Å²) in [5.74, 6) is 0.452. The number of hydrogen-bond acceptors (Lipinski definition) is 6. The third-order valence-corrected chi connectivity index (χ3v) is 8.04. The van der Waals surface area contributed by atoms with Crippen molar-refractivity contribution >= 4 is 45.6 Å². The van der Waals surface area contributed by atoms with E-state index in [9.17, 15) is 14.7 Å². The predicted octanol–water partition coefficient (Wildman–Crippen LogP) is 4.86. The van der Waals surface area contributed by atoms with Crippen LogP contribution in [-0.4, -0.2) is 27.6 Å². The molecule has 2 atom stereocenters. The molecule has 4 saturated carbocycles. The van der Waals surface area contributed by atoms with Crippen LogP contribution in [0.1, 0.15) is 51.1 Å². The van der Waals surface area contributed by atoms with E-state index in [4.69, 9.17) is 16.3 Å². The first kappa shape index (κ1) is 20.9. The highest BCUT2D eigenvalue weighted by Crippen LogP contribution is 2.62. The zero-order valence-corrected chi connectivity index (χ0v) is 18.9. The van der Waals surface area contributed by atoms with Crippen molar-refractivity contribution in [3.05, 3.63) is 40.4 Å². The number of thiazole rings is 1. The Hall–Kier alpha value is -1.96. The molecule has 0 radical (unpaired) electrons. The van der Waals surface area contributed by atoms with Crippen LogP contribution in [0.3, 0.4) is 0 Å². The molecule has 8 heteroatoms. The number of aliphatic hydroxyl groups is 1. The van der Waals surface area contributed by atoms with Crippen LogP contribution in [0.25, 0.3) is 0 Å². The number of rotatable bonds is 5. The van der Waals surface area contributed by atoms with Gasteiger partial charge in [-0.05, 0) is 68.6 Å². The van der Waals surface area contributed by atoms with E-state index < -0.39 is 11.0 Å². The van der Waals surface area contributed by atoms with Gasteiger partial charge in [-0.25, -0.2) is 4.98 Å². The van der Waals surface area contributed by atoms with Crippen LogP contribution in [0.15, 0.2) is 29.6 Å². The van der Waals surface area contributed by atoms with Gasteiger partial charge in [0.05, 0.1) is 22.4 Å². The van der Waals surface area contributed by atoms with Crippen molar-refractivity contribution in [3.63, 3.8) is 0 Å². The number of ether oxygens (including phenoxy) is 1. The first-order valence-corrected chi connectivity index (χ1v) is 11.9. The van der Waals surface area contributed by atoms with E-state index >= 15 is 0 Å². The summed E-state index contributed by atoms with van der Waals surface area (Å²) in [6.45, 7) is 1.53. The molecular formula is C23H25ClN2O4S. The Balaban J connectivity index is 1.29. The van der Waals surface area contributed by atoms with Crippen LogP contribution < -0.4 is 4.90 Å². The monoisotopic (exact) mass is 460 g/mol. The number of aromatic nitrogens is 1. The highest BCUT2D eigenvalue weighted by atomic mass is 35.5. The fraction of sp³-hybridized carbons (Fsp3) is 0.522. The van der Waals surface area contributed by atoms with Crippen LogP contribution >= 0.6 is 22.9 Å². The molecular weight excluding hydrogens is 436 g/mol. The summed E-state index contributed by atoms with van der Waals surface area (Å²) in [7, 11) is 0. The fourth-order valence-electron chi connectivity index (χ4n) is 6.25. The van der Waals surface area contributed by atoms with Crippen LogP contribution in [-0.2, 0) is 20.9 Å². The molecule has 0 saturated heterocycles. The maximum Gasteiger partial charge on any atom is 0.312 e. The molecule has 4 bridgehead atoms. The quantitative estimate of drug-likeness (QED) is 0.645. The maximum absolute atomic E-state index is 13.1. The number of hydrogen-bond donors (Lipinski definition) is 1. The molecule has 164 valence electrons. The van der Waals surface area contributed by atoms with Gasteiger partial charge in [0, 0.05) is 17.3 Å². The van der Waals surface area contributed by atoms with E-state index in [2.05, 4.69) is 4.98 Å². The van der Waals surface area contributed by atoms with Crippen molar-refractivity contribution in [2.75, 3.05) is 4.90 Å². The van der Waals surface area contributed by atoms with Gasteiger partial charge in [-0.15, -0.1) is 11.3 Å². The van der Waals surface area contributed by atoms with Crippen molar-refractivity contribution in [3.8, 4) is 0 Å². The molecule has 1 heterocycles. The number of anilines is 2. The summed E-state index contributed by atoms with van der Waals surface area (Å²) in [6, 6.07) is 7.04. The molecule has 4 aliphatic rings. The first-order chi connectivity index (χ1) is 14.8. The highest BCUT2D eigenvalue weighted by Gasteiger charge is 2.60. The highest BCUT2D eigenvalue weighted by molar-refractivity contribution is 7.14. The molecule has 1 N–H and O–H groups in total. The van der Waals surface area contributed by atoms with Crippen LogP contribution in [0.5, 0.6) is 0 Å². The number of nitrogens with zero attached hydrogens (tertiary/aromatic N) is 2. The topological polar surface area (TPSA) is 79.7 Å². The lowest BCUT2D eigenvalue weighted by Crippen LogP contribution is -2.58. The van der Waals surface area contributed by atoms with Crippen molar-refractivity contribution in [2.24, 2.45) is 17.3 Å². The average molecular weight is 461 g/mol. The van der Waals surface area contributed by atoms with Crippen LogP contribution in [0.4, 0.5) is 10.8 Å². The predicted molar refractivity (Wildman–Crippen MR) is 118 cm³/mol. The van der Waals surface area contributed by atoms with Crippen LogP contribution in [0.2, 0.25) is 5.02 Å². The molecule has 2 aromatic rings. The lowest BCUT2D eigenvalue weighted by atomic mass is 9.48. The second-order valence-corrected chi connectivity index (χ2v) is 10.8. The molecule has 0 unspecified atom stereocenters. The summed E-state index contributed by atoms with van der Waals surface area (Å²) < 4.78 is 5.71. The third-order valence-electron chi connectivity index (χ3n) is 6.93. The Morgan fingerprint density at radius 1 is 1.29 bits per heavy atom. The Morgan fingerprint density at radius 2 is 2.03 bits per heavy atom. The number of carbonyl (C=O) groups is 2. The van der Waals surface area contributed by atoms with Gasteiger partial charge in [-0.1, -0.05) is 17.7 Å². The molecule has 4 fully saturated rings. The second-order valence-electron chi connectivity index (χ2n) is 9.50. The van der Waals surface area contributed by atoms with Gasteiger partial charge in [0.1, 0.15) is 6.61 Å². The van der Waals surface area contributed by atoms with Crippen molar-refractivity contribution in [2.45, 2.75) is 57.7 Å². The van der Waals surface area contributed by atoms with Crippen molar-refractivity contribution in [1.82, 2.24) is 4.98 Å². The molecule has 31 heavy (non-hydrogen) atoms. The summed E-state index contributed by atoms with van der Waals surface area (Å²) in [5.41, 5.74) is -0.00972. The maximum atomic E-state index is 13.1. The lowest BCUT2D eigenvalue weighted by molar-refractivity contribution is -0.197. The van der Waals surface area contributed by atoms with Crippen molar-refractivity contribution in [1.29, 1.82) is 0 Å². The fourth-order valence-corrected chi connectivity index (χ4v) is 7.31. The summed E-state index contributed by atoms with van der Waals surface area (Å²) in [5, 5.41) is 13.7. The number of benzene rings is 1. The number of esters is 1. The molecule has 4 aliphatic carbocycles. The number of amides is 1. The van der Waals surface area contributed by atoms with E-state index in [-0.39, 0.29) is 18.5 Å². The minimum atomic E-state index is -0.699. The van der Waals surface area contributed by atoms with Crippen molar-refractivity contribution < 1.29 is 19.4 Å². The van der Waals surface area contributed by atoms with Crippen LogP contribution in [0, 0.1) is 17.3 Å². The van der Waals surface area contributed by atoms with Gasteiger partial charge in [0.2, 0.25) is 5.91 Å². The molecule has 1 aromatic heterocycles. The normalized spacial score (nSPS) is 30.9. The van der Waals surface area contributed by atoms with E-state index in [0.29, 0.717) is 39.8 Å². The largest absolute Gasteiger partial charge is 0.459 e. The molecule has 6 rings (SSSR count). The Kier molecular flexibility index (Phi) is 5.11. The number of halogens is 1. The molecule has 0 aliphatic heterocycles. The Labute approximate surface area is 190 Å². The van der Waals surface area contributed by atoms with E-state index in [1.807, 2.05) is 0 Å². The van der Waals surface area contributed by atoms with E-state index in [0.717, 1.165) is 32.1 Å². The summed E-state index contributed by atoms with van der Waals surface area (Å²) >= 11 is 7.40. The molecule has 6 nitrogen and oxygen atoms in total. The van der Waals surface area contributed by atoms with Gasteiger partial charge in [-0.2, -0.15) is 0 Å². The standard InChI is InChI=1S/C23H25ClN2O4S/c1-14(27)26(19-4-2-3-17(24)6-19)21-25-18(12-31-21)11-30-20(28)22-7-15-5-16(8-22)10-23(29,9-15)13-22/h2-4,6,12,15-16,29H,5,7-11,13H2,1H3/t15-,16-,22?,23?/m1/s1. The SMILES string of the molecule is CC(=O)N(c1cccc(Cl)c1)c1nc(COC(=O)C23C[C@H]4C[C@@H](CC(O)(C4)C2)C3)cs1. The minimum Gasteiger partial charge on any atom is -0.459 e. The zero-order chi connectivity index (χ0) is 21.8. The average Bonchev–Trinajstić information content (AvgIpc) is 3.12. The van der Waals surface area contributed by atoms with Gasteiger partial charge in [0.25, 0.3) is 0 Å². The first-order valence-electron chi connectivity index (χ1n) is 10.7. The van der Waals surface area contributed by atoms with Gasteiger partial charge < -0.3 is 9.84 Å². The van der Waals surface area contributed by atoms with E-state index in [1.165, 1.54) is 23.2 Å². The summed E-state index contributed by atoms with van der Waals surface area (Å²) in [6.07, 6.45) is 4.91. The smallest absolute Gasteiger partial charge is 0.312 e. The number of carbonyl (C=O) groups excluding carboxylic acids is 2. The third kappa shape index (κ3) is 3.88. The Bertz CT molecular complexity index is 1020.